The smallest absolute Gasteiger partial charge is 0.0799 e. The van der Waals surface area contributed by atoms with Crippen LogP contribution in [0.25, 0.3) is 0 Å². The molecule has 2 unspecified atom stereocenters. The summed E-state index contributed by atoms with van der Waals surface area (Å²) in [5.41, 5.74) is 3.25. The minimum Gasteiger partial charge on any atom is -0.351 e. The molecule has 3 atom stereocenters. The zero-order valence-corrected chi connectivity index (χ0v) is 12.8. The van der Waals surface area contributed by atoms with Gasteiger partial charge in [0.2, 0.25) is 0 Å². The second kappa shape index (κ2) is 5.53. The van der Waals surface area contributed by atoms with Crippen LogP contribution in [0.4, 0.5) is 5.69 Å². The molecule has 0 amide bonds. The molecule has 0 bridgehead atoms. The average molecular weight is 283 g/mol. The van der Waals surface area contributed by atoms with Gasteiger partial charge in [0.1, 0.15) is 0 Å². The van der Waals surface area contributed by atoms with Gasteiger partial charge in [0.15, 0.2) is 0 Å². The van der Waals surface area contributed by atoms with Crippen LogP contribution in [0.5, 0.6) is 0 Å². The van der Waals surface area contributed by atoms with Crippen LogP contribution in [0.15, 0.2) is 54.6 Å². The Hall–Kier alpha value is -1.80. The van der Waals surface area contributed by atoms with E-state index in [9.17, 15) is 0 Å². The summed E-state index contributed by atoms with van der Waals surface area (Å²) in [6.07, 6.45) is -0.640. The molecule has 0 radical (unpaired) electrons. The Morgan fingerprint density at radius 1 is 1.00 bits per heavy atom. The Morgan fingerprint density at radius 2 is 1.67 bits per heavy atom. The lowest BCUT2D eigenvalue weighted by atomic mass is 10.00. The first-order chi connectivity index (χ1) is 11.3. The Morgan fingerprint density at radius 3 is 2.33 bits per heavy atom. The summed E-state index contributed by atoms with van der Waals surface area (Å²) in [4.78, 5) is 4.07. The fourth-order valence-corrected chi connectivity index (χ4v) is 3.43. The molecule has 2 heteroatoms. The highest BCUT2D eigenvalue weighted by molar-refractivity contribution is 5.56. The quantitative estimate of drug-likeness (QED) is 0.814. The van der Waals surface area contributed by atoms with E-state index in [1.807, 2.05) is 61.3 Å². The van der Waals surface area contributed by atoms with Crippen LogP contribution in [-0.2, 0) is 0 Å². The molecule has 2 nitrogen and oxygen atoms in total. The lowest BCUT2D eigenvalue weighted by Crippen LogP contribution is -2.36. The molecule has 0 saturated carbocycles. The van der Waals surface area contributed by atoms with Gasteiger partial charge in [0, 0.05) is 15.8 Å². The Kier molecular flexibility index (Phi) is 2.86. The van der Waals surface area contributed by atoms with Crippen LogP contribution < -0.4 is 4.90 Å². The largest absolute Gasteiger partial charge is 0.351 e. The summed E-state index contributed by atoms with van der Waals surface area (Å²) in [5.74, 6) is 0. The van der Waals surface area contributed by atoms with E-state index in [4.69, 9.17) is 4.11 Å². The molecule has 1 aliphatic heterocycles. The first-order valence-electron chi connectivity index (χ1n) is 8.93. The molecule has 2 aromatic rings. The normalized spacial score (nSPS) is 29.0. The maximum Gasteiger partial charge on any atom is 0.0799 e. The molecule has 1 fully saturated rings. The molecule has 110 valence electrons. The molecule has 1 aliphatic rings. The molecule has 0 aromatic heterocycles. The van der Waals surface area contributed by atoms with Gasteiger partial charge in [0.05, 0.1) is 12.2 Å². The SMILES string of the molecule is [2H]C([2H])([2H])C1N(C)C(c2ccccc2)[C@H](C)N1c1ccccc1C. The molecular weight excluding hydrogens is 256 g/mol. The number of benzene rings is 2. The summed E-state index contributed by atoms with van der Waals surface area (Å²) < 4.78 is 24.3. The van der Waals surface area contributed by atoms with E-state index in [0.29, 0.717) is 0 Å². The first-order valence-corrected chi connectivity index (χ1v) is 7.43. The lowest BCUT2D eigenvalue weighted by molar-refractivity contribution is 0.252. The molecule has 1 saturated heterocycles. The number of aryl methyl sites for hydroxylation is 1. The van der Waals surface area contributed by atoms with Crippen LogP contribution in [0.3, 0.4) is 0 Å². The van der Waals surface area contributed by atoms with Crippen molar-refractivity contribution in [2.75, 3.05) is 11.9 Å². The number of hydrogen-bond acceptors (Lipinski definition) is 2. The monoisotopic (exact) mass is 283 g/mol. The lowest BCUT2D eigenvalue weighted by Gasteiger charge is -2.30. The minimum absolute atomic E-state index is 0.0382. The number of para-hydroxylation sites is 1. The zero-order valence-electron chi connectivity index (χ0n) is 15.8. The molecule has 2 aromatic carbocycles. The molecule has 21 heavy (non-hydrogen) atoms. The summed E-state index contributed by atoms with van der Waals surface area (Å²) in [7, 11) is 1.92. The van der Waals surface area contributed by atoms with Gasteiger partial charge in [-0.1, -0.05) is 48.5 Å². The molecule has 0 spiro atoms. The zero-order chi connectivity index (χ0) is 17.5. The predicted molar refractivity (Wildman–Crippen MR) is 89.5 cm³/mol. The summed E-state index contributed by atoms with van der Waals surface area (Å²) in [6.45, 7) is 2.07. The molecule has 3 rings (SSSR count). The Labute approximate surface area is 132 Å². The van der Waals surface area contributed by atoms with E-state index < -0.39 is 13.0 Å². The van der Waals surface area contributed by atoms with Crippen molar-refractivity contribution < 1.29 is 4.11 Å². The third-order valence-corrected chi connectivity index (χ3v) is 4.52. The van der Waals surface area contributed by atoms with Gasteiger partial charge in [-0.2, -0.15) is 0 Å². The van der Waals surface area contributed by atoms with Crippen molar-refractivity contribution in [2.24, 2.45) is 0 Å². The standard InChI is InChI=1S/C19H24N2/c1-14-10-8-9-13-18(14)21-15(2)19(20(4)16(21)3)17-11-6-5-7-12-17/h5-13,15-16,19H,1-4H3/t15-,16?,19?/m0/s1/i3D3. The first kappa shape index (κ1) is 10.9. The van der Waals surface area contributed by atoms with Crippen molar-refractivity contribution in [1.29, 1.82) is 0 Å². The molecular formula is C19H24N2. The number of anilines is 1. The fraction of sp³-hybridized carbons (Fsp3) is 0.368. The van der Waals surface area contributed by atoms with Gasteiger partial charge in [-0.3, -0.25) is 4.90 Å². The molecule has 0 aliphatic carbocycles. The van der Waals surface area contributed by atoms with E-state index in [-0.39, 0.29) is 12.1 Å². The van der Waals surface area contributed by atoms with Gasteiger partial charge in [-0.15, -0.1) is 0 Å². The van der Waals surface area contributed by atoms with Gasteiger partial charge in [0.25, 0.3) is 0 Å². The predicted octanol–water partition coefficient (Wildman–Crippen LogP) is 4.22. The molecule has 0 N–H and O–H groups in total. The van der Waals surface area contributed by atoms with E-state index in [2.05, 4.69) is 24.0 Å². The second-order valence-corrected chi connectivity index (χ2v) is 5.83. The van der Waals surface area contributed by atoms with Crippen molar-refractivity contribution in [3.63, 3.8) is 0 Å². The Bertz CT molecular complexity index is 699. The van der Waals surface area contributed by atoms with Gasteiger partial charge in [-0.05, 0) is 44.9 Å². The van der Waals surface area contributed by atoms with Crippen LogP contribution in [0, 0.1) is 6.92 Å². The number of rotatable bonds is 2. The second-order valence-electron chi connectivity index (χ2n) is 5.83. The Balaban J connectivity index is 2.11. The third-order valence-electron chi connectivity index (χ3n) is 4.52. The summed E-state index contributed by atoms with van der Waals surface area (Å²) in [6, 6.07) is 18.3. The van der Waals surface area contributed by atoms with Crippen molar-refractivity contribution in [1.82, 2.24) is 4.90 Å². The summed E-state index contributed by atoms with van der Waals surface area (Å²) >= 11 is 0. The van der Waals surface area contributed by atoms with Crippen molar-refractivity contribution >= 4 is 5.69 Å². The third kappa shape index (κ3) is 2.34. The van der Waals surface area contributed by atoms with Crippen LogP contribution in [-0.4, -0.2) is 24.2 Å². The van der Waals surface area contributed by atoms with Crippen molar-refractivity contribution in [2.45, 2.75) is 38.9 Å². The highest BCUT2D eigenvalue weighted by atomic mass is 15.4. The van der Waals surface area contributed by atoms with Crippen LogP contribution in [0.1, 0.15) is 35.1 Å². The topological polar surface area (TPSA) is 6.48 Å². The fourth-order valence-electron chi connectivity index (χ4n) is 3.43. The number of hydrogen-bond donors (Lipinski definition) is 0. The van der Waals surface area contributed by atoms with E-state index >= 15 is 0 Å². The minimum atomic E-state index is -2.09. The van der Waals surface area contributed by atoms with Crippen LogP contribution in [0.2, 0.25) is 0 Å². The van der Waals surface area contributed by atoms with E-state index in [1.54, 1.807) is 0 Å². The number of nitrogens with zero attached hydrogens (tertiary/aromatic N) is 2. The highest BCUT2D eigenvalue weighted by Crippen LogP contribution is 2.40. The van der Waals surface area contributed by atoms with Gasteiger partial charge in [-0.25, -0.2) is 0 Å². The molecule has 1 heterocycles. The van der Waals surface area contributed by atoms with Gasteiger partial charge < -0.3 is 4.90 Å². The van der Waals surface area contributed by atoms with Crippen molar-refractivity contribution in [3.05, 3.63) is 65.7 Å². The average Bonchev–Trinajstić information content (AvgIpc) is 2.79. The highest BCUT2D eigenvalue weighted by Gasteiger charge is 2.41. The maximum atomic E-state index is 8.10. The van der Waals surface area contributed by atoms with Crippen LogP contribution >= 0.6 is 0 Å². The van der Waals surface area contributed by atoms with E-state index in [0.717, 1.165) is 16.8 Å². The maximum absolute atomic E-state index is 8.10. The summed E-state index contributed by atoms with van der Waals surface area (Å²) in [5, 5.41) is 0. The van der Waals surface area contributed by atoms with E-state index in [1.165, 1.54) is 0 Å². The van der Waals surface area contributed by atoms with Crippen molar-refractivity contribution in [3.8, 4) is 0 Å². The number of likely N-dealkylation sites (N-methyl/N-ethyl adjacent to an activating group) is 1. The van der Waals surface area contributed by atoms with Gasteiger partial charge >= 0.3 is 0 Å².